The molecule has 2 fully saturated rings. The van der Waals surface area contributed by atoms with Crippen molar-refractivity contribution < 1.29 is 0 Å². The summed E-state index contributed by atoms with van der Waals surface area (Å²) in [7, 11) is 2.23. The van der Waals surface area contributed by atoms with Crippen LogP contribution in [0.3, 0.4) is 0 Å². The number of likely N-dealkylation sites (N-methyl/N-ethyl adjacent to an activating group) is 1. The molecular weight excluding hydrogens is 290 g/mol. The van der Waals surface area contributed by atoms with Gasteiger partial charge < -0.3 is 10.2 Å². The Bertz CT molecular complexity index is 423. The summed E-state index contributed by atoms with van der Waals surface area (Å²) >= 11 is 3.59. The van der Waals surface area contributed by atoms with Gasteiger partial charge in [0.15, 0.2) is 0 Å². The number of nitrogens with one attached hydrogen (secondary N) is 1. The minimum Gasteiger partial charge on any atom is -0.314 e. The van der Waals surface area contributed by atoms with Gasteiger partial charge in [0.25, 0.3) is 0 Å². The van der Waals surface area contributed by atoms with Crippen molar-refractivity contribution in [2.45, 2.75) is 12.1 Å². The average Bonchev–Trinajstić information content (AvgIpc) is 2.37. The van der Waals surface area contributed by atoms with Crippen LogP contribution in [0, 0.1) is 0 Å². The zero-order chi connectivity index (χ0) is 12.5. The molecule has 0 radical (unpaired) electrons. The third-order valence-corrected chi connectivity index (χ3v) is 4.53. The van der Waals surface area contributed by atoms with Gasteiger partial charge in [-0.1, -0.05) is 28.1 Å². The predicted molar refractivity (Wildman–Crippen MR) is 77.7 cm³/mol. The highest BCUT2D eigenvalue weighted by Gasteiger charge is 2.35. The zero-order valence-corrected chi connectivity index (χ0v) is 12.4. The Kier molecular flexibility index (Phi) is 3.71. The van der Waals surface area contributed by atoms with Gasteiger partial charge in [0.1, 0.15) is 0 Å². The molecule has 18 heavy (non-hydrogen) atoms. The maximum atomic E-state index is 3.59. The molecule has 2 heterocycles. The van der Waals surface area contributed by atoms with Gasteiger partial charge >= 0.3 is 0 Å². The van der Waals surface area contributed by atoms with Crippen LogP contribution in [0.15, 0.2) is 28.7 Å². The van der Waals surface area contributed by atoms with Crippen LogP contribution in [-0.2, 0) is 0 Å². The molecule has 2 aliphatic rings. The van der Waals surface area contributed by atoms with Crippen molar-refractivity contribution in [3.05, 3.63) is 34.3 Å². The molecule has 0 aliphatic carbocycles. The molecule has 1 aromatic carbocycles. The summed E-state index contributed by atoms with van der Waals surface area (Å²) in [6.07, 6.45) is 0. The van der Waals surface area contributed by atoms with Crippen molar-refractivity contribution in [3.63, 3.8) is 0 Å². The summed E-state index contributed by atoms with van der Waals surface area (Å²) in [6, 6.07) is 9.96. The van der Waals surface area contributed by atoms with E-state index >= 15 is 0 Å². The number of benzene rings is 1. The molecule has 0 saturated carbocycles. The van der Waals surface area contributed by atoms with Gasteiger partial charge in [-0.3, -0.25) is 4.90 Å². The first kappa shape index (κ1) is 12.6. The van der Waals surface area contributed by atoms with E-state index < -0.39 is 0 Å². The monoisotopic (exact) mass is 309 g/mol. The number of piperazine rings is 2. The molecule has 0 amide bonds. The molecule has 0 aromatic heterocycles. The van der Waals surface area contributed by atoms with E-state index in [0.29, 0.717) is 12.1 Å². The van der Waals surface area contributed by atoms with Gasteiger partial charge in [0, 0.05) is 49.3 Å². The van der Waals surface area contributed by atoms with Crippen LogP contribution in [0.1, 0.15) is 11.6 Å². The Balaban J connectivity index is 1.88. The molecule has 3 nitrogen and oxygen atoms in total. The van der Waals surface area contributed by atoms with Gasteiger partial charge in [0.2, 0.25) is 0 Å². The van der Waals surface area contributed by atoms with Crippen molar-refractivity contribution >= 4 is 15.9 Å². The molecule has 3 rings (SSSR count). The minimum atomic E-state index is 0.536. The highest BCUT2D eigenvalue weighted by atomic mass is 79.9. The van der Waals surface area contributed by atoms with E-state index in [1.165, 1.54) is 16.6 Å². The molecule has 2 saturated heterocycles. The quantitative estimate of drug-likeness (QED) is 0.852. The van der Waals surface area contributed by atoms with Crippen molar-refractivity contribution in [2.24, 2.45) is 0 Å². The zero-order valence-electron chi connectivity index (χ0n) is 10.8. The van der Waals surface area contributed by atoms with Crippen molar-refractivity contribution in [3.8, 4) is 0 Å². The topological polar surface area (TPSA) is 18.5 Å². The SMILES string of the molecule is CN1CC2CNCCN2C(c2cccc(Br)c2)C1. The van der Waals surface area contributed by atoms with Crippen molar-refractivity contribution in [2.75, 3.05) is 39.8 Å². The first-order valence-electron chi connectivity index (χ1n) is 6.64. The minimum absolute atomic E-state index is 0.536. The highest BCUT2D eigenvalue weighted by molar-refractivity contribution is 9.10. The largest absolute Gasteiger partial charge is 0.314 e. The Hall–Kier alpha value is -0.420. The maximum absolute atomic E-state index is 3.59. The number of rotatable bonds is 1. The lowest BCUT2D eigenvalue weighted by molar-refractivity contribution is 0.0194. The fraction of sp³-hybridized carbons (Fsp3) is 0.571. The van der Waals surface area contributed by atoms with E-state index in [0.717, 1.165) is 26.2 Å². The maximum Gasteiger partial charge on any atom is 0.0480 e. The second-order valence-electron chi connectivity index (χ2n) is 5.39. The Morgan fingerprint density at radius 1 is 1.33 bits per heavy atom. The highest BCUT2D eigenvalue weighted by Crippen LogP contribution is 2.30. The van der Waals surface area contributed by atoms with Crippen LogP contribution in [-0.4, -0.2) is 55.6 Å². The van der Waals surface area contributed by atoms with E-state index in [1.54, 1.807) is 0 Å². The molecule has 1 aromatic rings. The van der Waals surface area contributed by atoms with Gasteiger partial charge in [-0.2, -0.15) is 0 Å². The van der Waals surface area contributed by atoms with Gasteiger partial charge in [-0.15, -0.1) is 0 Å². The molecular formula is C14H20BrN3. The first-order valence-corrected chi connectivity index (χ1v) is 7.44. The Labute approximate surface area is 117 Å². The van der Waals surface area contributed by atoms with Crippen LogP contribution in [0.2, 0.25) is 0 Å². The lowest BCUT2D eigenvalue weighted by Crippen LogP contribution is -2.61. The summed E-state index contributed by atoms with van der Waals surface area (Å²) in [6.45, 7) is 5.71. The molecule has 0 spiro atoms. The molecule has 0 bridgehead atoms. The van der Waals surface area contributed by atoms with Crippen molar-refractivity contribution in [1.29, 1.82) is 0 Å². The smallest absolute Gasteiger partial charge is 0.0480 e. The fourth-order valence-electron chi connectivity index (χ4n) is 3.20. The summed E-state index contributed by atoms with van der Waals surface area (Å²) in [5.41, 5.74) is 1.43. The second kappa shape index (κ2) is 5.29. The Morgan fingerprint density at radius 3 is 3.06 bits per heavy atom. The van der Waals surface area contributed by atoms with Crippen molar-refractivity contribution in [1.82, 2.24) is 15.1 Å². The van der Waals surface area contributed by atoms with Gasteiger partial charge in [-0.05, 0) is 24.7 Å². The second-order valence-corrected chi connectivity index (χ2v) is 6.30. The normalized spacial score (nSPS) is 30.1. The summed E-state index contributed by atoms with van der Waals surface area (Å²) in [5.74, 6) is 0. The van der Waals surface area contributed by atoms with Crippen LogP contribution < -0.4 is 5.32 Å². The Morgan fingerprint density at radius 2 is 2.22 bits per heavy atom. The van der Waals surface area contributed by atoms with Gasteiger partial charge in [-0.25, -0.2) is 0 Å². The molecule has 98 valence electrons. The molecule has 2 unspecified atom stereocenters. The summed E-state index contributed by atoms with van der Waals surface area (Å²) in [5, 5.41) is 3.51. The molecule has 4 heteroatoms. The van der Waals surface area contributed by atoms with Crippen LogP contribution >= 0.6 is 15.9 Å². The molecule has 2 atom stereocenters. The van der Waals surface area contributed by atoms with E-state index in [4.69, 9.17) is 0 Å². The third kappa shape index (κ3) is 2.48. The molecule has 2 aliphatic heterocycles. The molecule has 1 N–H and O–H groups in total. The number of halogens is 1. The van der Waals surface area contributed by atoms with E-state index in [-0.39, 0.29) is 0 Å². The first-order chi connectivity index (χ1) is 8.74. The third-order valence-electron chi connectivity index (χ3n) is 4.04. The lowest BCUT2D eigenvalue weighted by Gasteiger charge is -2.48. The van der Waals surface area contributed by atoms with E-state index in [1.807, 2.05) is 0 Å². The number of hydrogen-bond acceptors (Lipinski definition) is 3. The average molecular weight is 310 g/mol. The summed E-state index contributed by atoms with van der Waals surface area (Å²) < 4.78 is 1.18. The number of hydrogen-bond donors (Lipinski definition) is 1. The predicted octanol–water partition coefficient (Wildman–Crippen LogP) is 1.71. The van der Waals surface area contributed by atoms with Crippen LogP contribution in [0.25, 0.3) is 0 Å². The standard InChI is InChI=1S/C14H20BrN3/c1-17-9-13-8-16-5-6-18(13)14(10-17)11-3-2-4-12(15)7-11/h2-4,7,13-14,16H,5-6,8-10H2,1H3. The van der Waals surface area contributed by atoms with E-state index in [2.05, 4.69) is 62.4 Å². The number of nitrogens with zero attached hydrogens (tertiary/aromatic N) is 2. The van der Waals surface area contributed by atoms with Gasteiger partial charge in [0.05, 0.1) is 0 Å². The van der Waals surface area contributed by atoms with Crippen LogP contribution in [0.4, 0.5) is 0 Å². The number of fused-ring (bicyclic) bond motifs is 1. The fourth-order valence-corrected chi connectivity index (χ4v) is 3.62. The summed E-state index contributed by atoms with van der Waals surface area (Å²) in [4.78, 5) is 5.14. The van der Waals surface area contributed by atoms with Crippen LogP contribution in [0.5, 0.6) is 0 Å². The lowest BCUT2D eigenvalue weighted by atomic mass is 9.98. The van der Waals surface area contributed by atoms with E-state index in [9.17, 15) is 0 Å².